The molecule has 2 aromatic rings. The summed E-state index contributed by atoms with van der Waals surface area (Å²) in [5.41, 5.74) is 7.46. The second kappa shape index (κ2) is 6.17. The lowest BCUT2D eigenvalue weighted by molar-refractivity contribution is -0.384. The minimum absolute atomic E-state index is 0.0355. The van der Waals surface area contributed by atoms with Gasteiger partial charge in [-0.15, -0.1) is 5.10 Å². The van der Waals surface area contributed by atoms with E-state index in [1.165, 1.54) is 16.8 Å². The number of rotatable bonds is 3. The van der Waals surface area contributed by atoms with Crippen LogP contribution >= 0.6 is 0 Å². The molecule has 0 radical (unpaired) electrons. The second-order valence-electron chi connectivity index (χ2n) is 7.09. The molecule has 9 heteroatoms. The van der Waals surface area contributed by atoms with E-state index in [1.54, 1.807) is 19.1 Å². The lowest BCUT2D eigenvalue weighted by Crippen LogP contribution is -2.34. The van der Waals surface area contributed by atoms with Gasteiger partial charge in [0, 0.05) is 31.3 Å². The Kier molecular flexibility index (Phi) is 3.95. The van der Waals surface area contributed by atoms with Gasteiger partial charge in [0.15, 0.2) is 5.69 Å². The largest absolute Gasteiger partial charge is 0.337 e. The van der Waals surface area contributed by atoms with Gasteiger partial charge < -0.3 is 10.6 Å². The number of nitro benzene ring substituents is 1. The van der Waals surface area contributed by atoms with E-state index >= 15 is 0 Å². The molecule has 4 rings (SSSR count). The molecule has 0 spiro atoms. The van der Waals surface area contributed by atoms with E-state index in [1.807, 2.05) is 4.90 Å². The van der Waals surface area contributed by atoms with Crippen molar-refractivity contribution < 1.29 is 9.72 Å². The summed E-state index contributed by atoms with van der Waals surface area (Å²) in [5, 5.41) is 19.1. The molecule has 2 heterocycles. The van der Waals surface area contributed by atoms with E-state index in [0.29, 0.717) is 36.3 Å². The first-order chi connectivity index (χ1) is 12.5. The van der Waals surface area contributed by atoms with Crippen LogP contribution in [0, 0.1) is 28.9 Å². The fourth-order valence-corrected chi connectivity index (χ4v) is 4.13. The number of likely N-dealkylation sites (tertiary alicyclic amines) is 1. The van der Waals surface area contributed by atoms with Crippen LogP contribution in [0.4, 0.5) is 5.69 Å². The third-order valence-electron chi connectivity index (χ3n) is 5.58. The fraction of sp³-hybridized carbons (Fsp3) is 0.471. The Bertz CT molecular complexity index is 879. The maximum atomic E-state index is 12.9. The van der Waals surface area contributed by atoms with Crippen LogP contribution in [0.5, 0.6) is 0 Å². The normalized spacial score (nSPS) is 24.7. The molecule has 26 heavy (non-hydrogen) atoms. The summed E-state index contributed by atoms with van der Waals surface area (Å²) >= 11 is 0. The van der Waals surface area contributed by atoms with Gasteiger partial charge in [-0.3, -0.25) is 14.9 Å². The molecule has 1 saturated heterocycles. The number of carbonyl (C=O) groups is 1. The van der Waals surface area contributed by atoms with Crippen molar-refractivity contribution in [3.8, 4) is 5.69 Å². The highest BCUT2D eigenvalue weighted by molar-refractivity contribution is 5.93. The number of hydrogen-bond donors (Lipinski definition) is 1. The van der Waals surface area contributed by atoms with Crippen molar-refractivity contribution in [1.29, 1.82) is 0 Å². The average molecular weight is 356 g/mol. The predicted octanol–water partition coefficient (Wildman–Crippen LogP) is 1.29. The lowest BCUT2D eigenvalue weighted by Gasteiger charge is -2.17. The van der Waals surface area contributed by atoms with Gasteiger partial charge in [-0.1, -0.05) is 11.3 Å². The van der Waals surface area contributed by atoms with E-state index in [0.717, 1.165) is 12.8 Å². The number of amides is 1. The highest BCUT2D eigenvalue weighted by Crippen LogP contribution is 2.37. The molecule has 136 valence electrons. The van der Waals surface area contributed by atoms with Crippen molar-refractivity contribution >= 4 is 11.6 Å². The minimum atomic E-state index is -0.464. The fourth-order valence-electron chi connectivity index (χ4n) is 4.13. The summed E-state index contributed by atoms with van der Waals surface area (Å²) < 4.78 is 1.46. The van der Waals surface area contributed by atoms with Gasteiger partial charge in [0.2, 0.25) is 0 Å². The topological polar surface area (TPSA) is 120 Å². The van der Waals surface area contributed by atoms with Gasteiger partial charge >= 0.3 is 0 Å². The highest BCUT2D eigenvalue weighted by Gasteiger charge is 2.43. The second-order valence-corrected chi connectivity index (χ2v) is 7.09. The predicted molar refractivity (Wildman–Crippen MR) is 92.8 cm³/mol. The van der Waals surface area contributed by atoms with E-state index in [4.69, 9.17) is 5.73 Å². The molecule has 1 aliphatic heterocycles. The summed E-state index contributed by atoms with van der Waals surface area (Å²) in [4.78, 5) is 25.2. The lowest BCUT2D eigenvalue weighted by atomic mass is 9.98. The van der Waals surface area contributed by atoms with E-state index in [9.17, 15) is 14.9 Å². The third-order valence-corrected chi connectivity index (χ3v) is 5.58. The van der Waals surface area contributed by atoms with Crippen LogP contribution in [0.3, 0.4) is 0 Å². The molecule has 2 N–H and O–H groups in total. The first-order valence-electron chi connectivity index (χ1n) is 8.67. The zero-order valence-corrected chi connectivity index (χ0v) is 14.4. The summed E-state index contributed by atoms with van der Waals surface area (Å²) in [6, 6.07) is 6.27. The molecule has 9 nitrogen and oxygen atoms in total. The van der Waals surface area contributed by atoms with Crippen LogP contribution in [0.2, 0.25) is 0 Å². The van der Waals surface area contributed by atoms with Crippen LogP contribution in [0.25, 0.3) is 5.69 Å². The zero-order chi connectivity index (χ0) is 18.4. The molecular weight excluding hydrogens is 336 g/mol. The number of benzene rings is 1. The van der Waals surface area contributed by atoms with Crippen LogP contribution in [-0.4, -0.2) is 49.9 Å². The molecule has 1 amide bonds. The Labute approximate surface area is 149 Å². The molecule has 1 aliphatic carbocycles. The molecule has 2 aliphatic rings. The maximum Gasteiger partial charge on any atom is 0.276 e. The molecule has 1 aromatic heterocycles. The van der Waals surface area contributed by atoms with Gasteiger partial charge in [-0.2, -0.15) is 0 Å². The van der Waals surface area contributed by atoms with Crippen LogP contribution in [0.15, 0.2) is 24.3 Å². The smallest absolute Gasteiger partial charge is 0.276 e. The van der Waals surface area contributed by atoms with E-state index < -0.39 is 4.92 Å². The van der Waals surface area contributed by atoms with E-state index in [-0.39, 0.29) is 23.3 Å². The summed E-state index contributed by atoms with van der Waals surface area (Å²) in [6.07, 6.45) is 2.09. The molecule has 1 aromatic carbocycles. The van der Waals surface area contributed by atoms with Crippen molar-refractivity contribution in [2.24, 2.45) is 17.6 Å². The number of carbonyl (C=O) groups excluding carboxylic acids is 1. The molecule has 2 fully saturated rings. The molecule has 3 unspecified atom stereocenters. The quantitative estimate of drug-likeness (QED) is 0.653. The molecule has 0 bridgehead atoms. The van der Waals surface area contributed by atoms with Crippen LogP contribution in [-0.2, 0) is 0 Å². The van der Waals surface area contributed by atoms with E-state index in [2.05, 4.69) is 10.3 Å². The first kappa shape index (κ1) is 16.6. The average Bonchev–Trinajstić information content (AvgIpc) is 3.31. The number of non-ortho nitro benzene ring substituents is 1. The minimum Gasteiger partial charge on any atom is -0.337 e. The Morgan fingerprint density at radius 2 is 2.15 bits per heavy atom. The first-order valence-corrected chi connectivity index (χ1v) is 8.67. The van der Waals surface area contributed by atoms with Crippen LogP contribution in [0.1, 0.15) is 29.0 Å². The van der Waals surface area contributed by atoms with Gasteiger partial charge in [-0.05, 0) is 37.7 Å². The summed E-state index contributed by atoms with van der Waals surface area (Å²) in [7, 11) is 0. The standard InChI is InChI=1S/C17H20N6O3/c1-10-16(17(24)21-8-11-5-6-15(18)14(11)9-21)19-20-22(10)12-3-2-4-13(7-12)23(25)26/h2-4,7,11,14-15H,5-6,8-9,18H2,1H3. The molecule has 1 saturated carbocycles. The van der Waals surface area contributed by atoms with Crippen molar-refractivity contribution in [3.63, 3.8) is 0 Å². The number of hydrogen-bond acceptors (Lipinski definition) is 6. The summed E-state index contributed by atoms with van der Waals surface area (Å²) in [6.45, 7) is 3.11. The Balaban J connectivity index is 1.59. The van der Waals surface area contributed by atoms with Crippen molar-refractivity contribution in [2.45, 2.75) is 25.8 Å². The Morgan fingerprint density at radius 3 is 2.88 bits per heavy atom. The molecular formula is C17H20N6O3. The van der Waals surface area contributed by atoms with Gasteiger partial charge in [0.1, 0.15) is 0 Å². The highest BCUT2D eigenvalue weighted by atomic mass is 16.6. The number of fused-ring (bicyclic) bond motifs is 1. The number of nitrogens with two attached hydrogens (primary N) is 1. The van der Waals surface area contributed by atoms with Crippen LogP contribution < -0.4 is 5.73 Å². The van der Waals surface area contributed by atoms with Crippen molar-refractivity contribution in [2.75, 3.05) is 13.1 Å². The number of nitrogens with zero attached hydrogens (tertiary/aromatic N) is 5. The molecule has 3 atom stereocenters. The number of nitro groups is 1. The summed E-state index contributed by atoms with van der Waals surface area (Å²) in [5.74, 6) is 0.688. The Hall–Kier alpha value is -2.81. The van der Waals surface area contributed by atoms with Gasteiger partial charge in [0.25, 0.3) is 11.6 Å². The van der Waals surface area contributed by atoms with Gasteiger partial charge in [-0.25, -0.2) is 4.68 Å². The Morgan fingerprint density at radius 1 is 1.35 bits per heavy atom. The van der Waals surface area contributed by atoms with Crippen molar-refractivity contribution in [3.05, 3.63) is 45.8 Å². The zero-order valence-electron chi connectivity index (χ0n) is 14.4. The SMILES string of the molecule is Cc1c(C(=O)N2CC3CCC(N)C3C2)nnn1-c1cccc([N+](=O)[O-])c1. The van der Waals surface area contributed by atoms with Crippen molar-refractivity contribution in [1.82, 2.24) is 19.9 Å². The maximum absolute atomic E-state index is 12.9. The van der Waals surface area contributed by atoms with Gasteiger partial charge in [0.05, 0.1) is 16.3 Å². The third kappa shape index (κ3) is 2.64. The number of aromatic nitrogens is 3. The monoisotopic (exact) mass is 356 g/mol.